The van der Waals surface area contributed by atoms with Crippen molar-refractivity contribution in [3.05, 3.63) is 47.5 Å². The number of methoxy groups -OCH3 is 1. The molecule has 0 saturated carbocycles. The summed E-state index contributed by atoms with van der Waals surface area (Å²) in [5.41, 5.74) is 0.930. The van der Waals surface area contributed by atoms with E-state index in [4.69, 9.17) is 16.3 Å². The summed E-state index contributed by atoms with van der Waals surface area (Å²) in [7, 11) is -2.27. The highest BCUT2D eigenvalue weighted by atomic mass is 35.5. The summed E-state index contributed by atoms with van der Waals surface area (Å²) >= 11 is 7.74. The van der Waals surface area contributed by atoms with Crippen LogP contribution in [0.15, 0.2) is 47.4 Å². The first-order valence-electron chi connectivity index (χ1n) is 8.54. The summed E-state index contributed by atoms with van der Waals surface area (Å²) in [5, 5.41) is 3.09. The lowest BCUT2D eigenvalue weighted by Gasteiger charge is -2.28. The summed E-state index contributed by atoms with van der Waals surface area (Å²) in [6.07, 6.45) is 1.05. The van der Waals surface area contributed by atoms with Gasteiger partial charge in [-0.1, -0.05) is 30.7 Å². The molecule has 1 amide bonds. The standard InChI is InChI=1S/C19H23ClN2O4S2/c1-5-27-18-9-7-6-8-16(18)21-19(23)13(2)22(28(4,24)25)14-10-11-17(26-3)15(20)12-14/h6-13H,5H2,1-4H3,(H,21,23)/t13-/m0/s1. The predicted octanol–water partition coefficient (Wildman–Crippen LogP) is 4.25. The van der Waals surface area contributed by atoms with Crippen LogP contribution in [0.1, 0.15) is 13.8 Å². The molecule has 28 heavy (non-hydrogen) atoms. The van der Waals surface area contributed by atoms with Crippen LogP contribution in [-0.2, 0) is 14.8 Å². The highest BCUT2D eigenvalue weighted by molar-refractivity contribution is 7.99. The molecule has 1 N–H and O–H groups in total. The summed E-state index contributed by atoms with van der Waals surface area (Å²) in [4.78, 5) is 13.8. The number of carbonyl (C=O) groups is 1. The Bertz CT molecular complexity index is 951. The van der Waals surface area contributed by atoms with Crippen molar-refractivity contribution >= 4 is 50.7 Å². The van der Waals surface area contributed by atoms with Crippen molar-refractivity contribution < 1.29 is 17.9 Å². The van der Waals surface area contributed by atoms with Gasteiger partial charge in [-0.25, -0.2) is 8.42 Å². The van der Waals surface area contributed by atoms with Crippen molar-refractivity contribution in [3.63, 3.8) is 0 Å². The smallest absolute Gasteiger partial charge is 0.248 e. The Hall–Kier alpha value is -1.90. The van der Waals surface area contributed by atoms with Gasteiger partial charge in [0.05, 0.1) is 29.8 Å². The zero-order chi connectivity index (χ0) is 20.9. The van der Waals surface area contributed by atoms with Crippen molar-refractivity contribution in [1.82, 2.24) is 0 Å². The first-order valence-corrected chi connectivity index (χ1v) is 11.8. The third-order valence-corrected chi connectivity index (χ3v) is 6.42. The van der Waals surface area contributed by atoms with Gasteiger partial charge < -0.3 is 10.1 Å². The number of anilines is 2. The van der Waals surface area contributed by atoms with Gasteiger partial charge in [0.1, 0.15) is 11.8 Å². The van der Waals surface area contributed by atoms with Crippen LogP contribution in [0.4, 0.5) is 11.4 Å². The number of nitrogens with zero attached hydrogens (tertiary/aromatic N) is 1. The van der Waals surface area contributed by atoms with Gasteiger partial charge in [-0.2, -0.15) is 0 Å². The molecule has 0 fully saturated rings. The lowest BCUT2D eigenvalue weighted by molar-refractivity contribution is -0.116. The maximum absolute atomic E-state index is 12.9. The van der Waals surface area contributed by atoms with E-state index in [0.717, 1.165) is 21.2 Å². The summed E-state index contributed by atoms with van der Waals surface area (Å²) in [6, 6.07) is 11.0. The number of carbonyl (C=O) groups excluding carboxylic acids is 1. The topological polar surface area (TPSA) is 75.7 Å². The molecule has 0 bridgehead atoms. The van der Waals surface area contributed by atoms with Gasteiger partial charge in [0.2, 0.25) is 15.9 Å². The SMILES string of the molecule is CCSc1ccccc1NC(=O)[C@H](C)N(c1ccc(OC)c(Cl)c1)S(C)(=O)=O. The zero-order valence-electron chi connectivity index (χ0n) is 16.1. The number of hydrogen-bond donors (Lipinski definition) is 1. The number of hydrogen-bond acceptors (Lipinski definition) is 5. The van der Waals surface area contributed by atoms with E-state index in [1.54, 1.807) is 30.0 Å². The fourth-order valence-corrected chi connectivity index (χ4v) is 4.87. The monoisotopic (exact) mass is 442 g/mol. The van der Waals surface area contributed by atoms with Crippen LogP contribution in [0.3, 0.4) is 0 Å². The summed E-state index contributed by atoms with van der Waals surface area (Å²) in [5.74, 6) is 0.824. The average Bonchev–Trinajstić information content (AvgIpc) is 2.62. The number of nitrogens with one attached hydrogen (secondary N) is 1. The Morgan fingerprint density at radius 3 is 2.54 bits per heavy atom. The second-order valence-corrected chi connectivity index (χ2v) is 9.54. The van der Waals surface area contributed by atoms with Crippen molar-refractivity contribution in [2.75, 3.05) is 28.7 Å². The fraction of sp³-hybridized carbons (Fsp3) is 0.316. The molecule has 0 aromatic heterocycles. The van der Waals surface area contributed by atoms with Crippen LogP contribution in [0.5, 0.6) is 5.75 Å². The molecule has 0 radical (unpaired) electrons. The third-order valence-electron chi connectivity index (χ3n) is 3.92. The zero-order valence-corrected chi connectivity index (χ0v) is 18.5. The van der Waals surface area contributed by atoms with Crippen molar-refractivity contribution in [1.29, 1.82) is 0 Å². The molecule has 2 aromatic carbocycles. The van der Waals surface area contributed by atoms with Gasteiger partial charge in [0.25, 0.3) is 0 Å². The van der Waals surface area contributed by atoms with Gasteiger partial charge in [-0.15, -0.1) is 11.8 Å². The Kier molecular flexibility index (Phi) is 7.63. The minimum Gasteiger partial charge on any atom is -0.495 e. The molecule has 6 nitrogen and oxygen atoms in total. The number of amides is 1. The molecule has 0 heterocycles. The van der Waals surface area contributed by atoms with E-state index in [2.05, 4.69) is 5.32 Å². The molecular weight excluding hydrogens is 420 g/mol. The third kappa shape index (κ3) is 5.33. The first-order chi connectivity index (χ1) is 13.2. The summed E-state index contributed by atoms with van der Waals surface area (Å²) < 4.78 is 31.0. The quantitative estimate of drug-likeness (QED) is 0.618. The van der Waals surface area contributed by atoms with Gasteiger partial charge in [-0.3, -0.25) is 9.10 Å². The van der Waals surface area contributed by atoms with E-state index in [1.165, 1.54) is 20.1 Å². The van der Waals surface area contributed by atoms with Crippen LogP contribution in [-0.4, -0.2) is 39.5 Å². The molecule has 0 aliphatic carbocycles. The number of para-hydroxylation sites is 1. The molecule has 0 spiro atoms. The molecule has 0 aliphatic rings. The average molecular weight is 443 g/mol. The molecule has 0 unspecified atom stereocenters. The molecule has 0 aliphatic heterocycles. The predicted molar refractivity (Wildman–Crippen MR) is 116 cm³/mol. The van der Waals surface area contributed by atoms with Gasteiger partial charge >= 0.3 is 0 Å². The number of benzene rings is 2. The first kappa shape index (κ1) is 22.4. The normalized spacial score (nSPS) is 12.3. The molecule has 0 saturated heterocycles. The molecule has 2 aromatic rings. The Morgan fingerprint density at radius 2 is 1.96 bits per heavy atom. The molecule has 152 valence electrons. The van der Waals surface area contributed by atoms with Crippen LogP contribution in [0.25, 0.3) is 0 Å². The van der Waals surface area contributed by atoms with Crippen LogP contribution in [0, 0.1) is 0 Å². The number of thioether (sulfide) groups is 1. The van der Waals surface area contributed by atoms with E-state index < -0.39 is 22.0 Å². The lowest BCUT2D eigenvalue weighted by atomic mass is 10.2. The van der Waals surface area contributed by atoms with E-state index in [0.29, 0.717) is 11.4 Å². The molecule has 9 heteroatoms. The van der Waals surface area contributed by atoms with Crippen LogP contribution in [0.2, 0.25) is 5.02 Å². The number of sulfonamides is 1. The van der Waals surface area contributed by atoms with E-state index >= 15 is 0 Å². The Morgan fingerprint density at radius 1 is 1.29 bits per heavy atom. The second kappa shape index (κ2) is 9.54. The van der Waals surface area contributed by atoms with Crippen molar-refractivity contribution in [2.45, 2.75) is 24.8 Å². The van der Waals surface area contributed by atoms with Crippen molar-refractivity contribution in [2.24, 2.45) is 0 Å². The van der Waals surface area contributed by atoms with Crippen LogP contribution < -0.4 is 14.4 Å². The molecular formula is C19H23ClN2O4S2. The summed E-state index contributed by atoms with van der Waals surface area (Å²) in [6.45, 7) is 3.55. The van der Waals surface area contributed by atoms with E-state index in [1.807, 2.05) is 25.1 Å². The van der Waals surface area contributed by atoms with Crippen molar-refractivity contribution in [3.8, 4) is 5.75 Å². The Balaban J connectivity index is 2.35. The van der Waals surface area contributed by atoms with Gasteiger partial charge in [-0.05, 0) is 43.0 Å². The van der Waals surface area contributed by atoms with E-state index in [9.17, 15) is 13.2 Å². The minimum atomic E-state index is -3.74. The molecule has 1 atom stereocenters. The minimum absolute atomic E-state index is 0.256. The second-order valence-electron chi connectivity index (χ2n) is 5.97. The fourth-order valence-electron chi connectivity index (χ4n) is 2.69. The number of ether oxygens (including phenoxy) is 1. The largest absolute Gasteiger partial charge is 0.495 e. The Labute approximate surface area is 175 Å². The van der Waals surface area contributed by atoms with Gasteiger partial charge in [0, 0.05) is 4.90 Å². The number of halogens is 1. The van der Waals surface area contributed by atoms with Crippen LogP contribution >= 0.6 is 23.4 Å². The molecule has 2 rings (SSSR count). The number of rotatable bonds is 8. The lowest BCUT2D eigenvalue weighted by Crippen LogP contribution is -2.45. The maximum atomic E-state index is 12.9. The van der Waals surface area contributed by atoms with Gasteiger partial charge in [0.15, 0.2) is 0 Å². The highest BCUT2D eigenvalue weighted by Crippen LogP contribution is 2.32. The highest BCUT2D eigenvalue weighted by Gasteiger charge is 2.30. The van der Waals surface area contributed by atoms with E-state index in [-0.39, 0.29) is 10.7 Å². The maximum Gasteiger partial charge on any atom is 0.248 e.